The number of hydrogen-bond acceptors (Lipinski definition) is 4. The summed E-state index contributed by atoms with van der Waals surface area (Å²) in [5.41, 5.74) is 0.725. The van der Waals surface area contributed by atoms with Gasteiger partial charge in [-0.3, -0.25) is 14.4 Å². The Bertz CT molecular complexity index is 780. The highest BCUT2D eigenvalue weighted by molar-refractivity contribution is 5.98. The monoisotopic (exact) mass is 413 g/mol. The number of benzene rings is 1. The largest absolute Gasteiger partial charge is 0.482 e. The van der Waals surface area contributed by atoms with E-state index in [4.69, 9.17) is 4.74 Å². The second-order valence-electron chi connectivity index (χ2n) is 8.45. The first kappa shape index (κ1) is 20.7. The molecule has 0 atom stereocenters. The lowest BCUT2D eigenvalue weighted by Gasteiger charge is -2.35. The van der Waals surface area contributed by atoms with E-state index in [9.17, 15) is 14.4 Å². The quantitative estimate of drug-likeness (QED) is 0.760. The van der Waals surface area contributed by atoms with Crippen molar-refractivity contribution in [3.63, 3.8) is 0 Å². The number of anilines is 1. The lowest BCUT2D eigenvalue weighted by Crippen LogP contribution is -2.46. The molecule has 7 heteroatoms. The van der Waals surface area contributed by atoms with Gasteiger partial charge in [-0.1, -0.05) is 25.0 Å². The fraction of sp³-hybridized carbons (Fsp3) is 0.609. The highest BCUT2D eigenvalue weighted by Crippen LogP contribution is 2.31. The van der Waals surface area contributed by atoms with Gasteiger partial charge in [0.25, 0.3) is 5.91 Å². The topological polar surface area (TPSA) is 70.2 Å². The molecular weight excluding hydrogens is 382 g/mol. The molecule has 0 radical (unpaired) electrons. The van der Waals surface area contributed by atoms with Crippen molar-refractivity contribution in [2.75, 3.05) is 44.2 Å². The van der Waals surface area contributed by atoms with Crippen molar-refractivity contribution in [2.24, 2.45) is 5.92 Å². The van der Waals surface area contributed by atoms with Gasteiger partial charge in [0.1, 0.15) is 5.75 Å². The van der Waals surface area contributed by atoms with Crippen molar-refractivity contribution in [3.05, 3.63) is 24.3 Å². The average molecular weight is 414 g/mol. The summed E-state index contributed by atoms with van der Waals surface area (Å²) in [6, 6.07) is 7.41. The van der Waals surface area contributed by atoms with Gasteiger partial charge in [-0.05, 0) is 37.8 Å². The molecule has 3 aliphatic heterocycles. The molecule has 0 unspecified atom stereocenters. The molecule has 0 aromatic heterocycles. The molecule has 0 saturated carbocycles. The number of carbonyl (C=O) groups excluding carboxylic acids is 3. The Morgan fingerprint density at radius 1 is 0.933 bits per heavy atom. The molecule has 3 heterocycles. The van der Waals surface area contributed by atoms with E-state index in [1.807, 2.05) is 34.1 Å². The maximum absolute atomic E-state index is 12.8. The van der Waals surface area contributed by atoms with Crippen LogP contribution >= 0.6 is 0 Å². The van der Waals surface area contributed by atoms with Gasteiger partial charge < -0.3 is 19.4 Å². The Labute approximate surface area is 177 Å². The number of carbonyl (C=O) groups is 3. The van der Waals surface area contributed by atoms with Gasteiger partial charge >= 0.3 is 0 Å². The Morgan fingerprint density at radius 2 is 1.63 bits per heavy atom. The first-order valence-electron chi connectivity index (χ1n) is 11.2. The van der Waals surface area contributed by atoms with E-state index in [1.54, 1.807) is 4.90 Å². The number of hydrogen-bond donors (Lipinski definition) is 0. The number of fused-ring (bicyclic) bond motifs is 1. The van der Waals surface area contributed by atoms with Gasteiger partial charge in [-0.25, -0.2) is 0 Å². The number of nitrogens with zero attached hydrogens (tertiary/aromatic N) is 3. The normalized spacial score (nSPS) is 20.4. The minimum absolute atomic E-state index is 0.00914. The van der Waals surface area contributed by atoms with E-state index in [2.05, 4.69) is 0 Å². The fourth-order valence-electron chi connectivity index (χ4n) is 4.69. The van der Waals surface area contributed by atoms with Gasteiger partial charge in [0.15, 0.2) is 6.61 Å². The summed E-state index contributed by atoms with van der Waals surface area (Å²) < 4.78 is 5.46. The zero-order valence-electron chi connectivity index (χ0n) is 17.6. The van der Waals surface area contributed by atoms with E-state index >= 15 is 0 Å². The van der Waals surface area contributed by atoms with Crippen LogP contribution < -0.4 is 9.64 Å². The van der Waals surface area contributed by atoms with Crippen LogP contribution in [0.2, 0.25) is 0 Å². The summed E-state index contributed by atoms with van der Waals surface area (Å²) in [4.78, 5) is 43.4. The molecule has 4 rings (SSSR count). The third kappa shape index (κ3) is 4.60. The zero-order chi connectivity index (χ0) is 20.9. The second-order valence-corrected chi connectivity index (χ2v) is 8.45. The number of likely N-dealkylation sites (tertiary alicyclic amines) is 2. The maximum atomic E-state index is 12.8. The minimum atomic E-state index is -0.122. The van der Waals surface area contributed by atoms with Crippen LogP contribution in [-0.4, -0.2) is 66.9 Å². The van der Waals surface area contributed by atoms with Crippen molar-refractivity contribution < 1.29 is 19.1 Å². The van der Waals surface area contributed by atoms with Crippen LogP contribution in [0.5, 0.6) is 5.75 Å². The Kier molecular flexibility index (Phi) is 6.55. The lowest BCUT2D eigenvalue weighted by atomic mass is 9.95. The molecular formula is C23H31N3O4. The minimum Gasteiger partial charge on any atom is -0.482 e. The van der Waals surface area contributed by atoms with E-state index in [0.717, 1.165) is 44.5 Å². The van der Waals surface area contributed by atoms with E-state index in [1.165, 1.54) is 12.8 Å². The fourth-order valence-corrected chi connectivity index (χ4v) is 4.69. The van der Waals surface area contributed by atoms with Gasteiger partial charge in [0.2, 0.25) is 11.8 Å². The molecule has 0 N–H and O–H groups in total. The number of amides is 3. The predicted molar refractivity (Wildman–Crippen MR) is 113 cm³/mol. The molecule has 1 aromatic rings. The third-order valence-corrected chi connectivity index (χ3v) is 6.47. The van der Waals surface area contributed by atoms with Crippen molar-refractivity contribution in [1.82, 2.24) is 9.80 Å². The zero-order valence-corrected chi connectivity index (χ0v) is 17.6. The third-order valence-electron chi connectivity index (χ3n) is 6.47. The van der Waals surface area contributed by atoms with Crippen molar-refractivity contribution in [3.8, 4) is 5.75 Å². The van der Waals surface area contributed by atoms with E-state index < -0.39 is 0 Å². The molecule has 2 fully saturated rings. The van der Waals surface area contributed by atoms with Gasteiger partial charge in [0, 0.05) is 45.1 Å². The van der Waals surface area contributed by atoms with E-state index in [-0.39, 0.29) is 36.7 Å². The molecule has 3 aliphatic rings. The van der Waals surface area contributed by atoms with Gasteiger partial charge in [0.05, 0.1) is 5.69 Å². The molecule has 162 valence electrons. The molecule has 0 bridgehead atoms. The number of para-hydroxylation sites is 2. The Morgan fingerprint density at radius 3 is 2.37 bits per heavy atom. The van der Waals surface area contributed by atoms with Crippen LogP contribution in [0, 0.1) is 5.92 Å². The number of rotatable bonds is 4. The van der Waals surface area contributed by atoms with Crippen LogP contribution in [0.25, 0.3) is 0 Å². The van der Waals surface area contributed by atoms with Crippen molar-refractivity contribution in [2.45, 2.75) is 44.9 Å². The second kappa shape index (κ2) is 9.49. The summed E-state index contributed by atoms with van der Waals surface area (Å²) in [6.07, 6.45) is 6.39. The SMILES string of the molecule is O=C(CCN1C(=O)COc2ccccc21)N1CCC(C(=O)N2CCCCCC2)CC1. The van der Waals surface area contributed by atoms with Crippen molar-refractivity contribution in [1.29, 1.82) is 0 Å². The standard InChI is InChI=1S/C23H31N3O4/c27-21(11-16-26-19-7-3-4-8-20(19)30-17-22(26)28)24-14-9-18(10-15-24)23(29)25-12-5-1-2-6-13-25/h3-4,7-8,18H,1-2,5-6,9-17H2. The van der Waals surface area contributed by atoms with E-state index in [0.29, 0.717) is 25.4 Å². The summed E-state index contributed by atoms with van der Waals surface area (Å²) in [5.74, 6) is 0.924. The average Bonchev–Trinajstić information content (AvgIpc) is 3.07. The molecule has 2 saturated heterocycles. The number of ether oxygens (including phenoxy) is 1. The highest BCUT2D eigenvalue weighted by atomic mass is 16.5. The smallest absolute Gasteiger partial charge is 0.265 e. The summed E-state index contributed by atoms with van der Waals surface area (Å²) in [5, 5.41) is 0. The van der Waals surface area contributed by atoms with Gasteiger partial charge in [-0.2, -0.15) is 0 Å². The molecule has 7 nitrogen and oxygen atoms in total. The molecule has 1 aromatic carbocycles. The van der Waals surface area contributed by atoms with Crippen LogP contribution in [-0.2, 0) is 14.4 Å². The summed E-state index contributed by atoms with van der Waals surface area (Å²) in [6.45, 7) is 3.37. The number of piperidine rings is 1. The molecule has 30 heavy (non-hydrogen) atoms. The summed E-state index contributed by atoms with van der Waals surface area (Å²) in [7, 11) is 0. The maximum Gasteiger partial charge on any atom is 0.265 e. The van der Waals surface area contributed by atoms with Crippen LogP contribution in [0.15, 0.2) is 24.3 Å². The first-order valence-corrected chi connectivity index (χ1v) is 11.2. The highest BCUT2D eigenvalue weighted by Gasteiger charge is 2.31. The Hall–Kier alpha value is -2.57. The predicted octanol–water partition coefficient (Wildman–Crippen LogP) is 2.44. The van der Waals surface area contributed by atoms with Crippen molar-refractivity contribution >= 4 is 23.4 Å². The van der Waals surface area contributed by atoms with Crippen LogP contribution in [0.1, 0.15) is 44.9 Å². The first-order chi connectivity index (χ1) is 14.6. The molecule has 0 spiro atoms. The van der Waals surface area contributed by atoms with Crippen LogP contribution in [0.3, 0.4) is 0 Å². The van der Waals surface area contributed by atoms with Gasteiger partial charge in [-0.15, -0.1) is 0 Å². The lowest BCUT2D eigenvalue weighted by molar-refractivity contribution is -0.140. The molecule has 3 amide bonds. The Balaban J connectivity index is 1.27. The summed E-state index contributed by atoms with van der Waals surface area (Å²) >= 11 is 0. The molecule has 0 aliphatic carbocycles. The van der Waals surface area contributed by atoms with Crippen LogP contribution in [0.4, 0.5) is 5.69 Å².